The molecule has 1 aliphatic heterocycles. The van der Waals surface area contributed by atoms with Gasteiger partial charge in [0.05, 0.1) is 23.4 Å². The summed E-state index contributed by atoms with van der Waals surface area (Å²) in [6, 6.07) is 26.5. The largest absolute Gasteiger partial charge is 0.462 e. The molecule has 34 heavy (non-hydrogen) atoms. The van der Waals surface area contributed by atoms with E-state index in [1.807, 2.05) is 30.3 Å². The van der Waals surface area contributed by atoms with Gasteiger partial charge in [-0.1, -0.05) is 54.6 Å². The van der Waals surface area contributed by atoms with Gasteiger partial charge in [0, 0.05) is 25.7 Å². The van der Waals surface area contributed by atoms with Crippen molar-refractivity contribution in [1.82, 2.24) is 5.32 Å². The van der Waals surface area contributed by atoms with Crippen LogP contribution < -0.4 is 10.2 Å². The van der Waals surface area contributed by atoms with E-state index >= 15 is 0 Å². The molecule has 0 aromatic heterocycles. The van der Waals surface area contributed by atoms with Gasteiger partial charge in [0.1, 0.15) is 6.07 Å². The molecule has 0 unspecified atom stereocenters. The highest BCUT2D eigenvalue weighted by Gasteiger charge is 2.23. The lowest BCUT2D eigenvalue weighted by Gasteiger charge is -2.21. The average molecular weight is 454 g/mol. The Morgan fingerprint density at radius 2 is 1.82 bits per heavy atom. The number of anilines is 1. The van der Waals surface area contributed by atoms with E-state index < -0.39 is 0 Å². The summed E-state index contributed by atoms with van der Waals surface area (Å²) in [5, 5.41) is 13.4. The summed E-state index contributed by atoms with van der Waals surface area (Å²) in [5.41, 5.74) is 6.06. The van der Waals surface area contributed by atoms with Crippen molar-refractivity contribution >= 4 is 11.7 Å². The van der Waals surface area contributed by atoms with E-state index in [0.717, 1.165) is 50.1 Å². The number of esters is 1. The summed E-state index contributed by atoms with van der Waals surface area (Å²) in [4.78, 5) is 14.4. The van der Waals surface area contributed by atoms with Gasteiger partial charge in [-0.2, -0.15) is 5.26 Å². The van der Waals surface area contributed by atoms with Crippen LogP contribution in [0.15, 0.2) is 72.8 Å². The number of nitrogens with one attached hydrogen (secondary N) is 1. The van der Waals surface area contributed by atoms with Crippen molar-refractivity contribution in [2.24, 2.45) is 0 Å². The summed E-state index contributed by atoms with van der Waals surface area (Å²) in [6.45, 7) is 5.04. The maximum absolute atomic E-state index is 12.1. The number of carbonyl (C=O) groups is 1. The van der Waals surface area contributed by atoms with Crippen LogP contribution in [0.2, 0.25) is 0 Å². The van der Waals surface area contributed by atoms with Crippen molar-refractivity contribution in [3.05, 3.63) is 101 Å². The predicted molar refractivity (Wildman–Crippen MR) is 135 cm³/mol. The molecule has 0 saturated carbocycles. The van der Waals surface area contributed by atoms with E-state index in [1.54, 1.807) is 12.1 Å². The zero-order valence-corrected chi connectivity index (χ0v) is 19.7. The smallest absolute Gasteiger partial charge is 0.338 e. The number of fused-ring (bicyclic) bond motifs is 1. The van der Waals surface area contributed by atoms with Crippen molar-refractivity contribution in [1.29, 1.82) is 5.26 Å². The number of hydrogen-bond donors (Lipinski definition) is 1. The summed E-state index contributed by atoms with van der Waals surface area (Å²) in [5.74, 6) is -0.292. The van der Waals surface area contributed by atoms with E-state index in [-0.39, 0.29) is 5.97 Å². The third-order valence-electron chi connectivity index (χ3n) is 6.19. The highest BCUT2D eigenvalue weighted by molar-refractivity contribution is 5.89. The first kappa shape index (κ1) is 23.5. The lowest BCUT2D eigenvalue weighted by molar-refractivity contribution is 0.0502. The molecular formula is C29H31N3O2. The van der Waals surface area contributed by atoms with Crippen LogP contribution in [0.4, 0.5) is 5.69 Å². The topological polar surface area (TPSA) is 65.4 Å². The molecule has 3 aromatic carbocycles. The summed E-state index contributed by atoms with van der Waals surface area (Å²) < 4.78 is 5.41. The number of hydrogen-bond acceptors (Lipinski definition) is 5. The van der Waals surface area contributed by atoms with Crippen LogP contribution in [-0.2, 0) is 24.1 Å². The Bertz CT molecular complexity index is 1140. The molecule has 1 aliphatic rings. The Morgan fingerprint density at radius 3 is 2.56 bits per heavy atom. The molecule has 0 bridgehead atoms. The zero-order valence-electron chi connectivity index (χ0n) is 19.7. The third kappa shape index (κ3) is 6.03. The minimum Gasteiger partial charge on any atom is -0.462 e. The fourth-order valence-electron chi connectivity index (χ4n) is 4.51. The van der Waals surface area contributed by atoms with E-state index in [9.17, 15) is 10.1 Å². The second-order valence-corrected chi connectivity index (χ2v) is 8.83. The molecule has 0 aliphatic carbocycles. The molecule has 1 N–H and O–H groups in total. The minimum absolute atomic E-state index is 0.292. The number of benzene rings is 3. The number of ether oxygens (including phenoxy) is 1. The fraction of sp³-hybridized carbons (Fsp3) is 0.310. The number of nitriles is 1. The SMILES string of the molecule is C[C@@H](Cc1cc(C#N)c2c(c1)CCN2CCCOC(=O)c1ccccc1)NCc1ccccc1. The van der Waals surface area contributed by atoms with Crippen LogP contribution in [0.3, 0.4) is 0 Å². The number of rotatable bonds is 10. The van der Waals surface area contributed by atoms with E-state index in [0.29, 0.717) is 18.2 Å². The second-order valence-electron chi connectivity index (χ2n) is 8.83. The molecule has 0 spiro atoms. The van der Waals surface area contributed by atoms with Crippen LogP contribution in [0, 0.1) is 11.3 Å². The van der Waals surface area contributed by atoms with Gasteiger partial charge in [-0.3, -0.25) is 0 Å². The minimum atomic E-state index is -0.292. The highest BCUT2D eigenvalue weighted by atomic mass is 16.5. The van der Waals surface area contributed by atoms with Crippen LogP contribution in [0.5, 0.6) is 0 Å². The summed E-state index contributed by atoms with van der Waals surface area (Å²) >= 11 is 0. The highest BCUT2D eigenvalue weighted by Crippen LogP contribution is 2.33. The van der Waals surface area contributed by atoms with Crippen molar-refractivity contribution in [3.8, 4) is 6.07 Å². The average Bonchev–Trinajstić information content (AvgIpc) is 3.28. The van der Waals surface area contributed by atoms with Gasteiger partial charge in [-0.15, -0.1) is 0 Å². The first-order valence-corrected chi connectivity index (χ1v) is 11.9. The molecular weight excluding hydrogens is 422 g/mol. The van der Waals surface area contributed by atoms with Gasteiger partial charge < -0.3 is 15.0 Å². The van der Waals surface area contributed by atoms with Gasteiger partial charge in [-0.05, 0) is 61.1 Å². The van der Waals surface area contributed by atoms with Crippen molar-refractivity contribution in [2.45, 2.75) is 38.8 Å². The van der Waals surface area contributed by atoms with Crippen LogP contribution in [0.1, 0.15) is 46.0 Å². The molecule has 1 heterocycles. The van der Waals surface area contributed by atoms with Gasteiger partial charge in [-0.25, -0.2) is 4.79 Å². The predicted octanol–water partition coefficient (Wildman–Crippen LogP) is 4.89. The molecule has 0 fully saturated rings. The molecule has 3 aromatic rings. The molecule has 5 nitrogen and oxygen atoms in total. The first-order valence-electron chi connectivity index (χ1n) is 11.9. The standard InChI is InChI=1S/C29H31N3O2/c1-22(31-21-23-9-4-2-5-10-23)17-24-18-26-13-15-32(28(26)27(19-24)20-30)14-8-16-34-29(33)25-11-6-3-7-12-25/h2-7,9-12,18-19,22,31H,8,13-17,21H2,1H3/t22-/m0/s1. The molecule has 174 valence electrons. The van der Waals surface area contributed by atoms with Gasteiger partial charge in [0.2, 0.25) is 0 Å². The Hall–Kier alpha value is -3.62. The second kappa shape index (κ2) is 11.5. The zero-order chi connectivity index (χ0) is 23.8. The number of carbonyl (C=O) groups excluding carboxylic acids is 1. The van der Waals surface area contributed by atoms with Crippen LogP contribution in [0.25, 0.3) is 0 Å². The maximum Gasteiger partial charge on any atom is 0.338 e. The van der Waals surface area contributed by atoms with Crippen molar-refractivity contribution < 1.29 is 9.53 Å². The monoisotopic (exact) mass is 453 g/mol. The first-order chi connectivity index (χ1) is 16.6. The van der Waals surface area contributed by atoms with E-state index in [4.69, 9.17) is 4.74 Å². The Balaban J connectivity index is 1.31. The van der Waals surface area contributed by atoms with Gasteiger partial charge in [0.25, 0.3) is 0 Å². The summed E-state index contributed by atoms with van der Waals surface area (Å²) in [6.07, 6.45) is 2.54. The lowest BCUT2D eigenvalue weighted by Crippen LogP contribution is -2.27. The van der Waals surface area contributed by atoms with Crippen LogP contribution >= 0.6 is 0 Å². The van der Waals surface area contributed by atoms with Crippen LogP contribution in [-0.4, -0.2) is 31.7 Å². The van der Waals surface area contributed by atoms with E-state index in [1.165, 1.54) is 16.7 Å². The Labute approximate surface area is 202 Å². The summed E-state index contributed by atoms with van der Waals surface area (Å²) in [7, 11) is 0. The molecule has 4 rings (SSSR count). The Kier molecular flexibility index (Phi) is 7.95. The number of nitrogens with zero attached hydrogens (tertiary/aromatic N) is 2. The normalized spacial score (nSPS) is 13.2. The maximum atomic E-state index is 12.1. The fourth-order valence-corrected chi connectivity index (χ4v) is 4.51. The third-order valence-corrected chi connectivity index (χ3v) is 6.19. The quantitative estimate of drug-likeness (QED) is 0.350. The molecule has 0 radical (unpaired) electrons. The molecule has 5 heteroatoms. The molecule has 1 atom stereocenters. The Morgan fingerprint density at radius 1 is 1.09 bits per heavy atom. The van der Waals surface area contributed by atoms with Crippen molar-refractivity contribution in [3.63, 3.8) is 0 Å². The van der Waals surface area contributed by atoms with Gasteiger partial charge >= 0.3 is 5.97 Å². The molecule has 0 amide bonds. The van der Waals surface area contributed by atoms with Gasteiger partial charge in [0.15, 0.2) is 0 Å². The van der Waals surface area contributed by atoms with Crippen molar-refractivity contribution in [2.75, 3.05) is 24.6 Å². The lowest BCUT2D eigenvalue weighted by atomic mass is 9.99. The molecule has 0 saturated heterocycles. The van der Waals surface area contributed by atoms with E-state index in [2.05, 4.69) is 53.5 Å².